The second-order valence-corrected chi connectivity index (χ2v) is 7.62. The number of benzene rings is 2. The molecule has 0 radical (unpaired) electrons. The van der Waals surface area contributed by atoms with Crippen molar-refractivity contribution in [3.05, 3.63) is 81.3 Å². The third kappa shape index (κ3) is 2.74. The van der Waals surface area contributed by atoms with Gasteiger partial charge in [-0.05, 0) is 72.6 Å². The zero-order valence-corrected chi connectivity index (χ0v) is 15.7. The maximum absolute atomic E-state index is 12.8. The van der Waals surface area contributed by atoms with Gasteiger partial charge < -0.3 is 5.32 Å². The van der Waals surface area contributed by atoms with Gasteiger partial charge in [0.15, 0.2) is 0 Å². The highest BCUT2D eigenvalue weighted by Gasteiger charge is 2.23. The average molecular weight is 371 g/mol. The average Bonchev–Trinajstić information content (AvgIpc) is 3.29. The van der Waals surface area contributed by atoms with E-state index in [4.69, 9.17) is 0 Å². The van der Waals surface area contributed by atoms with Crippen molar-refractivity contribution in [3.63, 3.8) is 0 Å². The molecule has 0 bridgehead atoms. The number of rotatable bonds is 3. The molecule has 0 aliphatic heterocycles. The van der Waals surface area contributed by atoms with Crippen LogP contribution >= 0.6 is 0 Å². The highest BCUT2D eigenvalue weighted by molar-refractivity contribution is 5.94. The highest BCUT2D eigenvalue weighted by atomic mass is 16.2. The number of anilines is 1. The molecule has 1 amide bonds. The second-order valence-electron chi connectivity index (χ2n) is 7.62. The number of nitrogens with zero attached hydrogens (tertiary/aromatic N) is 2. The van der Waals surface area contributed by atoms with E-state index in [9.17, 15) is 9.59 Å². The van der Waals surface area contributed by atoms with Crippen molar-refractivity contribution in [1.82, 2.24) is 9.78 Å². The van der Waals surface area contributed by atoms with E-state index < -0.39 is 6.04 Å². The van der Waals surface area contributed by atoms with Crippen LogP contribution in [0.3, 0.4) is 0 Å². The summed E-state index contributed by atoms with van der Waals surface area (Å²) in [5.74, 6) is -0.233. The quantitative estimate of drug-likeness (QED) is 0.599. The molecule has 0 spiro atoms. The van der Waals surface area contributed by atoms with E-state index in [0.717, 1.165) is 42.6 Å². The molecule has 2 aliphatic rings. The van der Waals surface area contributed by atoms with Gasteiger partial charge in [0.1, 0.15) is 6.04 Å². The largest absolute Gasteiger partial charge is 0.324 e. The van der Waals surface area contributed by atoms with Crippen molar-refractivity contribution in [2.45, 2.75) is 38.6 Å². The van der Waals surface area contributed by atoms with Crippen LogP contribution in [0.4, 0.5) is 5.69 Å². The number of nitrogens with one attached hydrogen (secondary N) is 1. The van der Waals surface area contributed by atoms with Crippen LogP contribution in [0.5, 0.6) is 0 Å². The molecule has 140 valence electrons. The number of carbonyl (C=O) groups is 1. The zero-order valence-electron chi connectivity index (χ0n) is 15.7. The van der Waals surface area contributed by atoms with Gasteiger partial charge in [-0.1, -0.05) is 30.3 Å². The Morgan fingerprint density at radius 3 is 2.75 bits per heavy atom. The smallest absolute Gasteiger partial charge is 0.267 e. The summed E-state index contributed by atoms with van der Waals surface area (Å²) in [5, 5.41) is 7.40. The molecule has 1 unspecified atom stereocenters. The van der Waals surface area contributed by atoms with Gasteiger partial charge in [0.05, 0.1) is 5.69 Å². The lowest BCUT2D eigenvalue weighted by Crippen LogP contribution is -2.34. The van der Waals surface area contributed by atoms with Crippen LogP contribution in [0.2, 0.25) is 0 Å². The number of amides is 1. The molecular weight excluding hydrogens is 350 g/mol. The van der Waals surface area contributed by atoms with Crippen LogP contribution in [0.25, 0.3) is 11.1 Å². The van der Waals surface area contributed by atoms with Crippen LogP contribution in [-0.2, 0) is 24.1 Å². The Bertz CT molecular complexity index is 1160. The Kier molecular flexibility index (Phi) is 3.90. The number of hydrogen-bond acceptors (Lipinski definition) is 3. The molecule has 5 heteroatoms. The summed E-state index contributed by atoms with van der Waals surface area (Å²) in [7, 11) is 0. The second kappa shape index (κ2) is 6.44. The molecule has 2 aliphatic carbocycles. The maximum atomic E-state index is 12.8. The van der Waals surface area contributed by atoms with Gasteiger partial charge in [-0.3, -0.25) is 9.59 Å². The van der Waals surface area contributed by atoms with Crippen LogP contribution in [0, 0.1) is 0 Å². The summed E-state index contributed by atoms with van der Waals surface area (Å²) < 4.78 is 1.31. The minimum absolute atomic E-state index is 0.215. The van der Waals surface area contributed by atoms with Crippen LogP contribution in [0.1, 0.15) is 41.8 Å². The summed E-state index contributed by atoms with van der Waals surface area (Å²) in [6.45, 7) is 1.72. The van der Waals surface area contributed by atoms with Crippen molar-refractivity contribution in [2.24, 2.45) is 0 Å². The van der Waals surface area contributed by atoms with Crippen molar-refractivity contribution < 1.29 is 4.79 Å². The highest BCUT2D eigenvalue weighted by Crippen LogP contribution is 2.37. The molecule has 0 saturated carbocycles. The lowest BCUT2D eigenvalue weighted by molar-refractivity contribution is -0.119. The van der Waals surface area contributed by atoms with E-state index in [0.29, 0.717) is 0 Å². The van der Waals surface area contributed by atoms with Gasteiger partial charge >= 0.3 is 0 Å². The van der Waals surface area contributed by atoms with Crippen molar-refractivity contribution in [1.29, 1.82) is 0 Å². The van der Waals surface area contributed by atoms with Crippen LogP contribution in [-0.4, -0.2) is 15.7 Å². The maximum Gasteiger partial charge on any atom is 0.267 e. The van der Waals surface area contributed by atoms with Crippen LogP contribution in [0.15, 0.2) is 53.3 Å². The Labute approximate surface area is 163 Å². The molecule has 1 N–H and O–H groups in total. The summed E-state index contributed by atoms with van der Waals surface area (Å²) >= 11 is 0. The first kappa shape index (κ1) is 16.9. The first-order valence-electron chi connectivity index (χ1n) is 9.74. The third-order valence-electron chi connectivity index (χ3n) is 5.79. The minimum Gasteiger partial charge on any atom is -0.324 e. The molecule has 0 fully saturated rings. The Morgan fingerprint density at radius 1 is 1.04 bits per heavy atom. The zero-order chi connectivity index (χ0) is 19.3. The summed E-state index contributed by atoms with van der Waals surface area (Å²) in [6.07, 6.45) is 3.66. The van der Waals surface area contributed by atoms with E-state index in [1.807, 2.05) is 18.2 Å². The van der Waals surface area contributed by atoms with Gasteiger partial charge in [-0.25, -0.2) is 4.68 Å². The summed E-state index contributed by atoms with van der Waals surface area (Å²) in [6, 6.07) is 15.3. The van der Waals surface area contributed by atoms with E-state index in [1.165, 1.54) is 26.9 Å². The van der Waals surface area contributed by atoms with Crippen LogP contribution < -0.4 is 10.9 Å². The van der Waals surface area contributed by atoms with E-state index >= 15 is 0 Å². The SMILES string of the molecule is CC(C(=O)Nc1ccc2c(c1)Cc1ccccc1-2)n1nc2c(cc1=O)CCC2. The third-order valence-corrected chi connectivity index (χ3v) is 5.79. The fraction of sp³-hybridized carbons (Fsp3) is 0.261. The van der Waals surface area contributed by atoms with Gasteiger partial charge in [-0.15, -0.1) is 0 Å². The molecule has 1 heterocycles. The Balaban J connectivity index is 1.38. The first-order valence-corrected chi connectivity index (χ1v) is 9.74. The standard InChI is InChI=1S/C23H21N3O2/c1-14(26-22(27)13-16-6-4-8-21(16)25-26)23(28)24-18-9-10-20-17(12-18)11-15-5-2-3-7-19(15)20/h2-3,5,7,9-10,12-14H,4,6,8,11H2,1H3,(H,24,28). The molecule has 5 nitrogen and oxygen atoms in total. The predicted octanol–water partition coefficient (Wildman–Crippen LogP) is 3.50. The predicted molar refractivity (Wildman–Crippen MR) is 109 cm³/mol. The van der Waals surface area contributed by atoms with Crippen molar-refractivity contribution in [3.8, 4) is 11.1 Å². The molecule has 5 rings (SSSR count). The van der Waals surface area contributed by atoms with Gasteiger partial charge in [0, 0.05) is 11.8 Å². The summed E-state index contributed by atoms with van der Waals surface area (Å²) in [5.41, 5.74) is 7.49. The molecule has 0 saturated heterocycles. The minimum atomic E-state index is -0.663. The topological polar surface area (TPSA) is 64.0 Å². The molecular formula is C23H21N3O2. The van der Waals surface area contributed by atoms with E-state index in [1.54, 1.807) is 13.0 Å². The molecule has 3 aromatic rings. The normalized spacial score (nSPS) is 14.9. The van der Waals surface area contributed by atoms with Gasteiger partial charge in [-0.2, -0.15) is 5.10 Å². The lowest BCUT2D eigenvalue weighted by atomic mass is 10.1. The fourth-order valence-electron chi connectivity index (χ4n) is 4.27. The van der Waals surface area contributed by atoms with Gasteiger partial charge in [0.25, 0.3) is 5.56 Å². The molecule has 2 aromatic carbocycles. The van der Waals surface area contributed by atoms with E-state index in [2.05, 4.69) is 34.7 Å². The number of fused-ring (bicyclic) bond motifs is 4. The van der Waals surface area contributed by atoms with E-state index in [-0.39, 0.29) is 11.5 Å². The van der Waals surface area contributed by atoms with Crippen molar-refractivity contribution in [2.75, 3.05) is 5.32 Å². The summed E-state index contributed by atoms with van der Waals surface area (Å²) in [4.78, 5) is 25.1. The lowest BCUT2D eigenvalue weighted by Gasteiger charge is -2.15. The Hall–Kier alpha value is -3.21. The number of aromatic nitrogens is 2. The monoisotopic (exact) mass is 371 g/mol. The molecule has 1 aromatic heterocycles. The number of carbonyl (C=O) groups excluding carboxylic acids is 1. The first-order chi connectivity index (χ1) is 13.6. The van der Waals surface area contributed by atoms with Gasteiger partial charge in [0.2, 0.25) is 5.91 Å². The number of aryl methyl sites for hydroxylation is 2. The Morgan fingerprint density at radius 2 is 1.86 bits per heavy atom. The molecule has 28 heavy (non-hydrogen) atoms. The fourth-order valence-corrected chi connectivity index (χ4v) is 4.27. The van der Waals surface area contributed by atoms with Crippen molar-refractivity contribution >= 4 is 11.6 Å². The molecule has 1 atom stereocenters. The number of hydrogen-bond donors (Lipinski definition) is 1.